The van der Waals surface area contributed by atoms with Gasteiger partial charge in [-0.15, -0.1) is 0 Å². The maximum Gasteiger partial charge on any atom is 0.221 e. The lowest BCUT2D eigenvalue weighted by Crippen LogP contribution is -2.44. The van der Waals surface area contributed by atoms with Crippen molar-refractivity contribution in [3.63, 3.8) is 0 Å². The zero-order valence-corrected chi connectivity index (χ0v) is 13.5. The number of nitrogen functional groups attached to an aromatic ring is 1. The second kappa shape index (κ2) is 6.70. The fourth-order valence-corrected chi connectivity index (χ4v) is 2.63. The van der Waals surface area contributed by atoms with Crippen LogP contribution in [0.25, 0.3) is 0 Å². The standard InChI is InChI=1S/C16H22N6O/c1-21-7-9-22(10-8-21)12-3-4-13(14(11-12)23-2)19-15-5-6-18-16(17)20-15/h3-6,11H,7-10H2,1-2H3,(H3,17,18,19,20). The van der Waals surface area contributed by atoms with Crippen LogP contribution >= 0.6 is 0 Å². The van der Waals surface area contributed by atoms with E-state index >= 15 is 0 Å². The Morgan fingerprint density at radius 3 is 2.65 bits per heavy atom. The predicted molar refractivity (Wildman–Crippen MR) is 92.4 cm³/mol. The molecule has 1 aliphatic rings. The van der Waals surface area contributed by atoms with E-state index in [1.807, 2.05) is 6.07 Å². The first-order valence-electron chi connectivity index (χ1n) is 7.63. The smallest absolute Gasteiger partial charge is 0.221 e. The molecular weight excluding hydrogens is 292 g/mol. The molecule has 1 aromatic heterocycles. The first kappa shape index (κ1) is 15.4. The molecule has 0 amide bonds. The summed E-state index contributed by atoms with van der Waals surface area (Å²) in [5.74, 6) is 1.66. The number of aromatic nitrogens is 2. The van der Waals surface area contributed by atoms with E-state index in [4.69, 9.17) is 10.5 Å². The van der Waals surface area contributed by atoms with Gasteiger partial charge in [0.05, 0.1) is 12.8 Å². The van der Waals surface area contributed by atoms with Crippen LogP contribution in [0.1, 0.15) is 0 Å². The summed E-state index contributed by atoms with van der Waals surface area (Å²) in [6.07, 6.45) is 1.62. The Balaban J connectivity index is 1.79. The number of likely N-dealkylation sites (N-methyl/N-ethyl adjacent to an activating group) is 1. The molecule has 3 rings (SSSR count). The highest BCUT2D eigenvalue weighted by Gasteiger charge is 2.16. The molecule has 0 unspecified atom stereocenters. The lowest BCUT2D eigenvalue weighted by Gasteiger charge is -2.34. The van der Waals surface area contributed by atoms with Gasteiger partial charge < -0.3 is 25.6 Å². The third-order valence-electron chi connectivity index (χ3n) is 3.99. The van der Waals surface area contributed by atoms with E-state index < -0.39 is 0 Å². The van der Waals surface area contributed by atoms with Gasteiger partial charge in [-0.25, -0.2) is 4.98 Å². The molecular formula is C16H22N6O. The number of anilines is 4. The Bertz CT molecular complexity index is 669. The first-order valence-corrected chi connectivity index (χ1v) is 7.63. The fourth-order valence-electron chi connectivity index (χ4n) is 2.63. The molecule has 0 spiro atoms. The Hall–Kier alpha value is -2.54. The van der Waals surface area contributed by atoms with Crippen molar-refractivity contribution >= 4 is 23.1 Å². The highest BCUT2D eigenvalue weighted by atomic mass is 16.5. The van der Waals surface area contributed by atoms with Crippen LogP contribution in [-0.2, 0) is 0 Å². The van der Waals surface area contributed by atoms with E-state index in [-0.39, 0.29) is 5.95 Å². The van der Waals surface area contributed by atoms with Gasteiger partial charge in [0, 0.05) is 44.1 Å². The highest BCUT2D eigenvalue weighted by Crippen LogP contribution is 2.32. The molecule has 7 nitrogen and oxygen atoms in total. The van der Waals surface area contributed by atoms with Crippen molar-refractivity contribution in [3.05, 3.63) is 30.5 Å². The molecule has 7 heteroatoms. The summed E-state index contributed by atoms with van der Waals surface area (Å²) >= 11 is 0. The van der Waals surface area contributed by atoms with Gasteiger partial charge in [-0.1, -0.05) is 0 Å². The van der Waals surface area contributed by atoms with Crippen LogP contribution in [0.3, 0.4) is 0 Å². The molecule has 3 N–H and O–H groups in total. The van der Waals surface area contributed by atoms with Crippen LogP contribution in [-0.4, -0.2) is 55.2 Å². The maximum atomic E-state index is 5.61. The van der Waals surface area contributed by atoms with Gasteiger partial charge in [-0.3, -0.25) is 0 Å². The fraction of sp³-hybridized carbons (Fsp3) is 0.375. The zero-order valence-electron chi connectivity index (χ0n) is 13.5. The quantitative estimate of drug-likeness (QED) is 0.886. The normalized spacial score (nSPS) is 15.5. The van der Waals surface area contributed by atoms with Gasteiger partial charge in [0.25, 0.3) is 0 Å². The molecule has 1 saturated heterocycles. The van der Waals surface area contributed by atoms with Crippen LogP contribution in [0, 0.1) is 0 Å². The lowest BCUT2D eigenvalue weighted by atomic mass is 10.2. The third kappa shape index (κ3) is 3.62. The van der Waals surface area contributed by atoms with Crippen molar-refractivity contribution in [3.8, 4) is 5.75 Å². The molecule has 0 bridgehead atoms. The van der Waals surface area contributed by atoms with Crippen LogP contribution in [0.5, 0.6) is 5.75 Å². The molecule has 1 fully saturated rings. The van der Waals surface area contributed by atoms with Gasteiger partial charge in [0.1, 0.15) is 11.6 Å². The number of nitrogens with two attached hydrogens (primary N) is 1. The van der Waals surface area contributed by atoms with Gasteiger partial charge >= 0.3 is 0 Å². The molecule has 1 aromatic carbocycles. The molecule has 0 saturated carbocycles. The summed E-state index contributed by atoms with van der Waals surface area (Å²) in [4.78, 5) is 12.7. The number of hydrogen-bond donors (Lipinski definition) is 2. The number of ether oxygens (including phenoxy) is 1. The summed E-state index contributed by atoms with van der Waals surface area (Å²) in [6, 6.07) is 7.92. The second-order valence-corrected chi connectivity index (χ2v) is 5.60. The molecule has 2 aromatic rings. The van der Waals surface area contributed by atoms with Gasteiger partial charge in [0.2, 0.25) is 5.95 Å². The van der Waals surface area contributed by atoms with E-state index in [0.717, 1.165) is 37.6 Å². The number of nitrogens with zero attached hydrogens (tertiary/aromatic N) is 4. The van der Waals surface area contributed by atoms with Crippen molar-refractivity contribution in [1.29, 1.82) is 0 Å². The average molecular weight is 314 g/mol. The largest absolute Gasteiger partial charge is 0.494 e. The van der Waals surface area contributed by atoms with E-state index in [0.29, 0.717) is 5.82 Å². The predicted octanol–water partition coefficient (Wildman–Crippen LogP) is 1.56. The Morgan fingerprint density at radius 2 is 1.96 bits per heavy atom. The Morgan fingerprint density at radius 1 is 1.17 bits per heavy atom. The summed E-state index contributed by atoms with van der Waals surface area (Å²) < 4.78 is 5.53. The van der Waals surface area contributed by atoms with E-state index in [9.17, 15) is 0 Å². The summed E-state index contributed by atoms with van der Waals surface area (Å²) in [5, 5.41) is 3.22. The average Bonchev–Trinajstić information content (AvgIpc) is 2.56. The summed E-state index contributed by atoms with van der Waals surface area (Å²) in [5.41, 5.74) is 7.63. The molecule has 0 atom stereocenters. The number of benzene rings is 1. The minimum Gasteiger partial charge on any atom is -0.494 e. The minimum absolute atomic E-state index is 0.239. The second-order valence-electron chi connectivity index (χ2n) is 5.60. The van der Waals surface area contributed by atoms with Gasteiger partial charge in [-0.05, 0) is 25.2 Å². The molecule has 2 heterocycles. The van der Waals surface area contributed by atoms with Gasteiger partial charge in [-0.2, -0.15) is 4.98 Å². The topological polar surface area (TPSA) is 79.5 Å². The third-order valence-corrected chi connectivity index (χ3v) is 3.99. The number of methoxy groups -OCH3 is 1. The SMILES string of the molecule is COc1cc(N2CCN(C)CC2)ccc1Nc1ccnc(N)n1. The van der Waals surface area contributed by atoms with Crippen LogP contribution in [0.4, 0.5) is 23.1 Å². The molecule has 1 aliphatic heterocycles. The molecule has 122 valence electrons. The van der Waals surface area contributed by atoms with Gasteiger partial charge in [0.15, 0.2) is 0 Å². The van der Waals surface area contributed by atoms with Crippen LogP contribution in [0.15, 0.2) is 30.5 Å². The lowest BCUT2D eigenvalue weighted by molar-refractivity contribution is 0.312. The Kier molecular flexibility index (Phi) is 4.47. The molecule has 23 heavy (non-hydrogen) atoms. The van der Waals surface area contributed by atoms with Crippen molar-refractivity contribution in [2.75, 3.05) is 56.3 Å². The molecule has 0 radical (unpaired) electrons. The minimum atomic E-state index is 0.239. The monoisotopic (exact) mass is 314 g/mol. The number of rotatable bonds is 4. The van der Waals surface area contributed by atoms with E-state index in [1.54, 1.807) is 19.4 Å². The zero-order chi connectivity index (χ0) is 16.2. The van der Waals surface area contributed by atoms with E-state index in [1.165, 1.54) is 5.69 Å². The van der Waals surface area contributed by atoms with Crippen molar-refractivity contribution < 1.29 is 4.74 Å². The summed E-state index contributed by atoms with van der Waals surface area (Å²) in [6.45, 7) is 4.19. The number of hydrogen-bond acceptors (Lipinski definition) is 7. The van der Waals surface area contributed by atoms with Crippen molar-refractivity contribution in [2.24, 2.45) is 0 Å². The van der Waals surface area contributed by atoms with Crippen molar-refractivity contribution in [2.45, 2.75) is 0 Å². The number of nitrogens with one attached hydrogen (secondary N) is 1. The van der Waals surface area contributed by atoms with Crippen LogP contribution in [0.2, 0.25) is 0 Å². The summed E-state index contributed by atoms with van der Waals surface area (Å²) in [7, 11) is 3.82. The van der Waals surface area contributed by atoms with Crippen LogP contribution < -0.4 is 20.7 Å². The highest BCUT2D eigenvalue weighted by molar-refractivity contribution is 5.69. The first-order chi connectivity index (χ1) is 11.2. The maximum absolute atomic E-state index is 5.61. The number of piperazine rings is 1. The van der Waals surface area contributed by atoms with E-state index in [2.05, 4.69) is 44.3 Å². The van der Waals surface area contributed by atoms with Crippen molar-refractivity contribution in [1.82, 2.24) is 14.9 Å². The molecule has 0 aliphatic carbocycles. The Labute approximate surface area is 136 Å².